The highest BCUT2D eigenvalue weighted by Crippen LogP contribution is 2.28. The van der Waals surface area contributed by atoms with Crippen LogP contribution in [0.4, 0.5) is 0 Å². The molecule has 5 nitrogen and oxygen atoms in total. The van der Waals surface area contributed by atoms with Gasteiger partial charge in [0.05, 0.1) is 6.04 Å². The number of hydrogen-bond donors (Lipinski definition) is 1. The zero-order valence-corrected chi connectivity index (χ0v) is 14.0. The van der Waals surface area contributed by atoms with Crippen LogP contribution < -0.4 is 5.32 Å². The van der Waals surface area contributed by atoms with Crippen molar-refractivity contribution in [1.82, 2.24) is 14.6 Å². The summed E-state index contributed by atoms with van der Waals surface area (Å²) in [5.74, 6) is 0. The molecule has 1 aromatic heterocycles. The quantitative estimate of drug-likeness (QED) is 0.930. The molecule has 1 aromatic carbocycles. The van der Waals surface area contributed by atoms with Crippen molar-refractivity contribution < 1.29 is 8.42 Å². The van der Waals surface area contributed by atoms with Gasteiger partial charge < -0.3 is 5.32 Å². The summed E-state index contributed by atoms with van der Waals surface area (Å²) in [6, 6.07) is 11.3. The Kier molecular flexibility index (Phi) is 4.75. The van der Waals surface area contributed by atoms with Crippen molar-refractivity contribution in [3.63, 3.8) is 0 Å². The zero-order valence-electron chi connectivity index (χ0n) is 13.1. The lowest BCUT2D eigenvalue weighted by Gasteiger charge is -2.35. The Balaban J connectivity index is 1.95. The van der Waals surface area contributed by atoms with Crippen molar-refractivity contribution in [2.24, 2.45) is 0 Å². The van der Waals surface area contributed by atoms with Crippen LogP contribution in [0, 0.1) is 0 Å². The van der Waals surface area contributed by atoms with E-state index in [-0.39, 0.29) is 10.9 Å². The Bertz CT molecular complexity index is 745. The number of hydrogen-bond acceptors (Lipinski definition) is 4. The number of nitrogens with zero attached hydrogens (tertiary/aromatic N) is 2. The average Bonchev–Trinajstić information content (AvgIpc) is 2.62. The van der Waals surface area contributed by atoms with E-state index in [1.807, 2.05) is 12.1 Å². The Morgan fingerprint density at radius 3 is 2.70 bits per heavy atom. The standard InChI is InChI=1S/C17H21N3O2S/c1-2-14-5-7-15(8-6-14)17-13-19-10-11-20(17)23(21,22)16-4-3-9-18-12-16/h3-9,12,17,19H,2,10-11,13H2,1H3. The van der Waals surface area contributed by atoms with E-state index in [0.29, 0.717) is 19.6 Å². The molecular formula is C17H21N3O2S. The van der Waals surface area contributed by atoms with Gasteiger partial charge in [0.15, 0.2) is 0 Å². The van der Waals surface area contributed by atoms with Gasteiger partial charge in [0, 0.05) is 32.0 Å². The van der Waals surface area contributed by atoms with Crippen molar-refractivity contribution in [2.45, 2.75) is 24.3 Å². The third-order valence-electron chi connectivity index (χ3n) is 4.21. The molecule has 1 unspecified atom stereocenters. The van der Waals surface area contributed by atoms with Gasteiger partial charge in [-0.25, -0.2) is 8.42 Å². The molecule has 23 heavy (non-hydrogen) atoms. The molecule has 1 aliphatic heterocycles. The fourth-order valence-corrected chi connectivity index (χ4v) is 4.45. The van der Waals surface area contributed by atoms with Crippen LogP contribution >= 0.6 is 0 Å². The predicted molar refractivity (Wildman–Crippen MR) is 89.6 cm³/mol. The Morgan fingerprint density at radius 1 is 1.26 bits per heavy atom. The van der Waals surface area contributed by atoms with Gasteiger partial charge in [-0.15, -0.1) is 0 Å². The maximum Gasteiger partial charge on any atom is 0.245 e. The first-order chi connectivity index (χ1) is 11.1. The van der Waals surface area contributed by atoms with Gasteiger partial charge >= 0.3 is 0 Å². The molecule has 0 bridgehead atoms. The van der Waals surface area contributed by atoms with Gasteiger partial charge in [-0.1, -0.05) is 31.2 Å². The van der Waals surface area contributed by atoms with E-state index in [2.05, 4.69) is 29.4 Å². The Morgan fingerprint density at radius 2 is 2.04 bits per heavy atom. The second-order valence-corrected chi connectivity index (χ2v) is 7.51. The number of nitrogens with one attached hydrogen (secondary N) is 1. The number of rotatable bonds is 4. The van der Waals surface area contributed by atoms with Crippen LogP contribution in [0.25, 0.3) is 0 Å². The van der Waals surface area contributed by atoms with Gasteiger partial charge in [0.25, 0.3) is 0 Å². The minimum atomic E-state index is -3.54. The summed E-state index contributed by atoms with van der Waals surface area (Å²) in [7, 11) is -3.54. The molecule has 0 amide bonds. The Labute approximate surface area is 137 Å². The smallest absolute Gasteiger partial charge is 0.245 e. The minimum Gasteiger partial charge on any atom is -0.313 e. The molecule has 1 fully saturated rings. The first-order valence-corrected chi connectivity index (χ1v) is 9.28. The van der Waals surface area contributed by atoms with E-state index in [4.69, 9.17) is 0 Å². The van der Waals surface area contributed by atoms with Crippen molar-refractivity contribution in [2.75, 3.05) is 19.6 Å². The van der Waals surface area contributed by atoms with E-state index >= 15 is 0 Å². The summed E-state index contributed by atoms with van der Waals surface area (Å²) in [5, 5.41) is 3.29. The molecule has 2 heterocycles. The normalized spacial score (nSPS) is 19.6. The van der Waals surface area contributed by atoms with Crippen LogP contribution in [0.2, 0.25) is 0 Å². The SMILES string of the molecule is CCc1ccc(C2CNCCN2S(=O)(=O)c2cccnc2)cc1. The Hall–Kier alpha value is -1.76. The molecule has 1 N–H and O–H groups in total. The van der Waals surface area contributed by atoms with Crippen LogP contribution in [-0.4, -0.2) is 37.3 Å². The highest BCUT2D eigenvalue weighted by Gasteiger charge is 2.34. The number of aryl methyl sites for hydroxylation is 1. The van der Waals surface area contributed by atoms with Gasteiger partial charge in [0.1, 0.15) is 4.90 Å². The second-order valence-electron chi connectivity index (χ2n) is 5.62. The van der Waals surface area contributed by atoms with Crippen LogP contribution in [0.3, 0.4) is 0 Å². The van der Waals surface area contributed by atoms with Crippen LogP contribution in [-0.2, 0) is 16.4 Å². The lowest BCUT2D eigenvalue weighted by Crippen LogP contribution is -2.48. The summed E-state index contributed by atoms with van der Waals surface area (Å²) >= 11 is 0. The molecule has 1 saturated heterocycles. The molecule has 3 rings (SSSR count). The van der Waals surface area contributed by atoms with Crippen LogP contribution in [0.5, 0.6) is 0 Å². The van der Waals surface area contributed by atoms with Gasteiger partial charge in [-0.2, -0.15) is 4.31 Å². The molecule has 0 saturated carbocycles. The molecule has 2 aromatic rings. The summed E-state index contributed by atoms with van der Waals surface area (Å²) in [6.45, 7) is 3.84. The zero-order chi connectivity index (χ0) is 16.3. The van der Waals surface area contributed by atoms with E-state index in [0.717, 1.165) is 12.0 Å². The summed E-state index contributed by atoms with van der Waals surface area (Å²) in [6.07, 6.45) is 3.97. The van der Waals surface area contributed by atoms with Crippen molar-refractivity contribution in [1.29, 1.82) is 0 Å². The van der Waals surface area contributed by atoms with Crippen molar-refractivity contribution >= 4 is 10.0 Å². The van der Waals surface area contributed by atoms with Gasteiger partial charge in [0.2, 0.25) is 10.0 Å². The van der Waals surface area contributed by atoms with Crippen LogP contribution in [0.15, 0.2) is 53.7 Å². The molecule has 1 atom stereocenters. The van der Waals surface area contributed by atoms with Crippen molar-refractivity contribution in [3.8, 4) is 0 Å². The van der Waals surface area contributed by atoms with Crippen LogP contribution in [0.1, 0.15) is 24.1 Å². The van der Waals surface area contributed by atoms with E-state index in [1.165, 1.54) is 11.8 Å². The summed E-state index contributed by atoms with van der Waals surface area (Å²) < 4.78 is 27.5. The first kappa shape index (κ1) is 16.1. The number of pyridine rings is 1. The van der Waals surface area contributed by atoms with E-state index in [9.17, 15) is 8.42 Å². The maximum atomic E-state index is 13.0. The second kappa shape index (κ2) is 6.78. The van der Waals surface area contributed by atoms with Gasteiger partial charge in [-0.3, -0.25) is 4.98 Å². The highest BCUT2D eigenvalue weighted by atomic mass is 32.2. The van der Waals surface area contributed by atoms with E-state index in [1.54, 1.807) is 22.6 Å². The molecule has 6 heteroatoms. The largest absolute Gasteiger partial charge is 0.313 e. The molecular weight excluding hydrogens is 310 g/mol. The molecule has 0 radical (unpaired) electrons. The van der Waals surface area contributed by atoms with Crippen molar-refractivity contribution in [3.05, 3.63) is 59.9 Å². The first-order valence-electron chi connectivity index (χ1n) is 7.84. The molecule has 122 valence electrons. The number of aromatic nitrogens is 1. The maximum absolute atomic E-state index is 13.0. The lowest BCUT2D eigenvalue weighted by atomic mass is 10.0. The summed E-state index contributed by atoms with van der Waals surface area (Å²) in [4.78, 5) is 4.19. The topological polar surface area (TPSA) is 62.3 Å². The highest BCUT2D eigenvalue weighted by molar-refractivity contribution is 7.89. The average molecular weight is 331 g/mol. The fourth-order valence-electron chi connectivity index (χ4n) is 2.87. The number of benzene rings is 1. The fraction of sp³-hybridized carbons (Fsp3) is 0.353. The lowest BCUT2D eigenvalue weighted by molar-refractivity contribution is 0.271. The number of piperazine rings is 1. The molecule has 0 aliphatic carbocycles. The molecule has 1 aliphatic rings. The third-order valence-corrected chi connectivity index (χ3v) is 6.10. The number of sulfonamides is 1. The van der Waals surface area contributed by atoms with E-state index < -0.39 is 10.0 Å². The minimum absolute atomic E-state index is 0.195. The third kappa shape index (κ3) is 3.29. The predicted octanol–water partition coefficient (Wildman–Crippen LogP) is 1.98. The summed E-state index contributed by atoms with van der Waals surface area (Å²) in [5.41, 5.74) is 2.26. The monoisotopic (exact) mass is 331 g/mol. The van der Waals surface area contributed by atoms with Gasteiger partial charge in [-0.05, 0) is 29.7 Å². The molecule has 0 spiro atoms.